The highest BCUT2D eigenvalue weighted by atomic mass is 127. The van der Waals surface area contributed by atoms with Crippen molar-refractivity contribution in [1.82, 2.24) is 0 Å². The molecule has 5 nitrogen and oxygen atoms in total. The number of ether oxygens (including phenoxy) is 3. The van der Waals surface area contributed by atoms with Crippen LogP contribution >= 0.6 is 34.2 Å². The molecule has 0 saturated heterocycles. The molecule has 0 N–H and O–H groups in total. The highest BCUT2D eigenvalue weighted by Gasteiger charge is 2.25. The number of hydrogen-bond acceptors (Lipinski definition) is 5. The van der Waals surface area contributed by atoms with Crippen LogP contribution in [0.25, 0.3) is 6.08 Å². The van der Waals surface area contributed by atoms with E-state index in [4.69, 9.17) is 25.8 Å². The molecule has 146 valence electrons. The number of rotatable bonds is 6. The van der Waals surface area contributed by atoms with Crippen LogP contribution in [0.5, 0.6) is 11.5 Å². The topological polar surface area (TPSA) is 57.1 Å². The molecule has 3 rings (SSSR count). The maximum Gasteiger partial charge on any atom is 0.363 e. The molecule has 0 spiro atoms. The molecule has 0 amide bonds. The molecule has 0 fully saturated rings. The summed E-state index contributed by atoms with van der Waals surface area (Å²) in [5, 5.41) is 0.406. The van der Waals surface area contributed by atoms with Crippen molar-refractivity contribution in [3.05, 3.63) is 61.3 Å². The van der Waals surface area contributed by atoms with E-state index < -0.39 is 5.97 Å². The lowest BCUT2D eigenvalue weighted by atomic mass is 10.1. The van der Waals surface area contributed by atoms with Gasteiger partial charge in [-0.2, -0.15) is 0 Å². The third-order valence-electron chi connectivity index (χ3n) is 4.03. The Hall–Kier alpha value is -2.06. The zero-order valence-electron chi connectivity index (χ0n) is 15.7. The fourth-order valence-electron chi connectivity index (χ4n) is 2.64. The normalized spacial score (nSPS) is 14.8. The van der Waals surface area contributed by atoms with Crippen molar-refractivity contribution in [2.45, 2.75) is 20.3 Å². The van der Waals surface area contributed by atoms with E-state index >= 15 is 0 Å². The van der Waals surface area contributed by atoms with Crippen LogP contribution in [0.15, 0.2) is 41.0 Å². The maximum atomic E-state index is 12.3. The summed E-state index contributed by atoms with van der Waals surface area (Å²) in [7, 11) is 1.54. The lowest BCUT2D eigenvalue weighted by molar-refractivity contribution is -0.129. The van der Waals surface area contributed by atoms with E-state index in [1.54, 1.807) is 25.3 Å². The van der Waals surface area contributed by atoms with Gasteiger partial charge in [0, 0.05) is 9.13 Å². The summed E-state index contributed by atoms with van der Waals surface area (Å²) in [4.78, 5) is 16.6. The van der Waals surface area contributed by atoms with E-state index in [2.05, 4.69) is 27.6 Å². The standard InChI is InChI=1S/C21H19ClINO4/c1-4-7-27-19-15(22)9-13(11-18(19)26-3)10-17-21(25)28-20(24-17)14-5-6-16(23)12(2)8-14/h5-6,8-11H,4,7H2,1-3H3/b17-10-. The minimum absolute atomic E-state index is 0.201. The molecule has 1 heterocycles. The number of esters is 1. The average molecular weight is 512 g/mol. The molecule has 1 aliphatic heterocycles. The molecule has 7 heteroatoms. The van der Waals surface area contributed by atoms with Gasteiger partial charge in [0.15, 0.2) is 17.2 Å². The summed E-state index contributed by atoms with van der Waals surface area (Å²) >= 11 is 8.59. The van der Waals surface area contributed by atoms with Gasteiger partial charge in [0.1, 0.15) is 0 Å². The fourth-order valence-corrected chi connectivity index (χ4v) is 3.24. The molecule has 0 bridgehead atoms. The van der Waals surface area contributed by atoms with Gasteiger partial charge < -0.3 is 14.2 Å². The molecule has 28 heavy (non-hydrogen) atoms. The molecule has 0 aliphatic carbocycles. The van der Waals surface area contributed by atoms with Crippen molar-refractivity contribution in [3.8, 4) is 11.5 Å². The number of methoxy groups -OCH3 is 1. The second kappa shape index (κ2) is 8.96. The maximum absolute atomic E-state index is 12.3. The summed E-state index contributed by atoms with van der Waals surface area (Å²) < 4.78 is 17.5. The smallest absolute Gasteiger partial charge is 0.363 e. The number of aliphatic imine (C=N–C) groups is 1. The van der Waals surface area contributed by atoms with Crippen LogP contribution in [0, 0.1) is 10.5 Å². The fraction of sp³-hybridized carbons (Fsp3) is 0.238. The minimum atomic E-state index is -0.507. The van der Waals surface area contributed by atoms with E-state index in [1.165, 1.54) is 0 Å². The summed E-state index contributed by atoms with van der Waals surface area (Å²) in [5.74, 6) is 0.765. The van der Waals surface area contributed by atoms with Gasteiger partial charge in [-0.05, 0) is 83.5 Å². The van der Waals surface area contributed by atoms with E-state index in [0.717, 1.165) is 21.1 Å². The second-order valence-corrected chi connectivity index (χ2v) is 7.75. The van der Waals surface area contributed by atoms with Crippen LogP contribution in [0.2, 0.25) is 5.02 Å². The Morgan fingerprint density at radius 3 is 2.75 bits per heavy atom. The van der Waals surface area contributed by atoms with Gasteiger partial charge in [0.05, 0.1) is 18.7 Å². The number of benzene rings is 2. The SMILES string of the molecule is CCCOc1c(Cl)cc(/C=C2\N=C(c3ccc(I)c(C)c3)OC2=O)cc1OC. The van der Waals surface area contributed by atoms with Crippen molar-refractivity contribution in [2.75, 3.05) is 13.7 Å². The van der Waals surface area contributed by atoms with Gasteiger partial charge in [0.2, 0.25) is 5.90 Å². The van der Waals surface area contributed by atoms with Crippen LogP contribution in [0.1, 0.15) is 30.0 Å². The zero-order chi connectivity index (χ0) is 20.3. The number of carbonyl (C=O) groups excluding carboxylic acids is 1. The van der Waals surface area contributed by atoms with Crippen molar-refractivity contribution >= 4 is 52.1 Å². The first kappa shape index (κ1) is 20.7. The number of aryl methyl sites for hydroxylation is 1. The highest BCUT2D eigenvalue weighted by molar-refractivity contribution is 14.1. The first-order chi connectivity index (χ1) is 13.4. The molecule has 0 saturated carbocycles. The Kier molecular flexibility index (Phi) is 6.61. The third kappa shape index (κ3) is 4.50. The molecule has 2 aromatic rings. The molecule has 2 aromatic carbocycles. The number of carbonyl (C=O) groups is 1. The summed E-state index contributed by atoms with van der Waals surface area (Å²) in [6.45, 7) is 4.54. The van der Waals surface area contributed by atoms with Crippen molar-refractivity contribution in [1.29, 1.82) is 0 Å². The quantitative estimate of drug-likeness (QED) is 0.296. The van der Waals surface area contributed by atoms with E-state index in [-0.39, 0.29) is 11.6 Å². The van der Waals surface area contributed by atoms with Crippen LogP contribution in [0.3, 0.4) is 0 Å². The van der Waals surface area contributed by atoms with Crippen LogP contribution < -0.4 is 9.47 Å². The van der Waals surface area contributed by atoms with Crippen LogP contribution in [-0.4, -0.2) is 25.6 Å². The molecule has 0 aromatic heterocycles. The molecule has 0 unspecified atom stereocenters. The molecule has 1 aliphatic rings. The van der Waals surface area contributed by atoms with Crippen LogP contribution in [0.4, 0.5) is 0 Å². The zero-order valence-corrected chi connectivity index (χ0v) is 18.6. The number of cyclic esters (lactones) is 1. The van der Waals surface area contributed by atoms with Gasteiger partial charge in [-0.3, -0.25) is 0 Å². The molecular formula is C21H19ClINO4. The second-order valence-electron chi connectivity index (χ2n) is 6.18. The number of nitrogens with zero attached hydrogens (tertiary/aromatic N) is 1. The summed E-state index contributed by atoms with van der Waals surface area (Å²) in [5.41, 5.74) is 2.72. The average Bonchev–Trinajstić information content (AvgIpc) is 3.03. The molecule has 0 radical (unpaired) electrons. The highest BCUT2D eigenvalue weighted by Crippen LogP contribution is 2.37. The molecular weight excluding hydrogens is 493 g/mol. The van der Waals surface area contributed by atoms with E-state index in [9.17, 15) is 4.79 Å². The Bertz CT molecular complexity index is 985. The Morgan fingerprint density at radius 2 is 2.07 bits per heavy atom. The third-order valence-corrected chi connectivity index (χ3v) is 5.52. The largest absolute Gasteiger partial charge is 0.493 e. The van der Waals surface area contributed by atoms with Crippen molar-refractivity contribution < 1.29 is 19.0 Å². The van der Waals surface area contributed by atoms with E-state index in [0.29, 0.717) is 28.7 Å². The van der Waals surface area contributed by atoms with Gasteiger partial charge in [-0.1, -0.05) is 18.5 Å². The Labute approximate surface area is 182 Å². The van der Waals surface area contributed by atoms with E-state index in [1.807, 2.05) is 32.0 Å². The first-order valence-electron chi connectivity index (χ1n) is 8.72. The summed E-state index contributed by atoms with van der Waals surface area (Å²) in [6.07, 6.45) is 2.47. The Morgan fingerprint density at radius 1 is 1.29 bits per heavy atom. The predicted molar refractivity (Wildman–Crippen MR) is 118 cm³/mol. The van der Waals surface area contributed by atoms with Gasteiger partial charge >= 0.3 is 5.97 Å². The minimum Gasteiger partial charge on any atom is -0.493 e. The van der Waals surface area contributed by atoms with Crippen molar-refractivity contribution in [2.24, 2.45) is 4.99 Å². The van der Waals surface area contributed by atoms with Crippen molar-refractivity contribution in [3.63, 3.8) is 0 Å². The monoisotopic (exact) mass is 511 g/mol. The van der Waals surface area contributed by atoms with Gasteiger partial charge in [-0.15, -0.1) is 0 Å². The first-order valence-corrected chi connectivity index (χ1v) is 10.2. The number of halogens is 2. The predicted octanol–water partition coefficient (Wildman–Crippen LogP) is 5.39. The molecule has 0 atom stereocenters. The van der Waals surface area contributed by atoms with Gasteiger partial charge in [0.25, 0.3) is 0 Å². The van der Waals surface area contributed by atoms with Crippen LogP contribution in [-0.2, 0) is 9.53 Å². The van der Waals surface area contributed by atoms with Gasteiger partial charge in [-0.25, -0.2) is 9.79 Å². The lowest BCUT2D eigenvalue weighted by Gasteiger charge is -2.12. The number of hydrogen-bond donors (Lipinski definition) is 0. The lowest BCUT2D eigenvalue weighted by Crippen LogP contribution is -2.05. The Balaban J connectivity index is 1.94. The summed E-state index contributed by atoms with van der Waals surface area (Å²) in [6, 6.07) is 9.24.